The Hall–Kier alpha value is -5.16. The molecule has 0 saturated carbocycles. The van der Waals surface area contributed by atoms with Crippen molar-refractivity contribution in [1.82, 2.24) is 15.1 Å². The van der Waals surface area contributed by atoms with Crippen molar-refractivity contribution in [2.24, 2.45) is 0 Å². The van der Waals surface area contributed by atoms with Gasteiger partial charge in [0.25, 0.3) is 11.8 Å². The summed E-state index contributed by atoms with van der Waals surface area (Å²) >= 11 is 6.15. The minimum Gasteiger partial charge on any atom is -0.489 e. The van der Waals surface area contributed by atoms with Crippen LogP contribution in [0, 0.1) is 6.92 Å². The molecule has 12 heteroatoms. The molecule has 1 unspecified atom stereocenters. The van der Waals surface area contributed by atoms with Gasteiger partial charge in [0.1, 0.15) is 24.0 Å². The van der Waals surface area contributed by atoms with Gasteiger partial charge in [-0.1, -0.05) is 48.5 Å². The molecule has 49 heavy (non-hydrogen) atoms. The summed E-state index contributed by atoms with van der Waals surface area (Å²) < 4.78 is 11.0. The van der Waals surface area contributed by atoms with Crippen LogP contribution in [-0.4, -0.2) is 57.8 Å². The number of benzene rings is 3. The van der Waals surface area contributed by atoms with E-state index in [9.17, 15) is 24.0 Å². The molecule has 2 N–H and O–H groups in total. The molecule has 3 aromatic rings. The SMILES string of the molecule is C=C(COc1ccc(CN2C(=O)CCC(N3Cc4cc(CNC(=O)Nc5ccc(C)c(Cl)c5)ccc4C3=O)C2=O)cc1)C(=O)OC(C)(C)C. The maximum absolute atomic E-state index is 13.6. The first kappa shape index (κ1) is 35.2. The van der Waals surface area contributed by atoms with E-state index in [1.54, 1.807) is 69.3 Å². The third-order valence-corrected chi connectivity index (χ3v) is 8.52. The first-order valence-electron chi connectivity index (χ1n) is 15.9. The largest absolute Gasteiger partial charge is 0.489 e. The van der Waals surface area contributed by atoms with Crippen LogP contribution >= 0.6 is 11.6 Å². The second-order valence-corrected chi connectivity index (χ2v) is 13.5. The molecule has 2 heterocycles. The zero-order valence-corrected chi connectivity index (χ0v) is 28.7. The summed E-state index contributed by atoms with van der Waals surface area (Å²) in [5, 5.41) is 6.11. The molecule has 0 radical (unpaired) electrons. The predicted octanol–water partition coefficient (Wildman–Crippen LogP) is 5.92. The normalized spacial score (nSPS) is 15.9. The highest BCUT2D eigenvalue weighted by atomic mass is 35.5. The Morgan fingerprint density at radius 1 is 1.00 bits per heavy atom. The molecule has 5 amide bonds. The molecule has 1 fully saturated rings. The van der Waals surface area contributed by atoms with E-state index in [0.717, 1.165) is 16.7 Å². The Morgan fingerprint density at radius 3 is 2.41 bits per heavy atom. The van der Waals surface area contributed by atoms with Crippen molar-refractivity contribution in [3.05, 3.63) is 106 Å². The van der Waals surface area contributed by atoms with E-state index in [4.69, 9.17) is 21.1 Å². The van der Waals surface area contributed by atoms with Crippen LogP contribution in [0.15, 0.2) is 72.8 Å². The number of nitrogens with one attached hydrogen (secondary N) is 2. The van der Waals surface area contributed by atoms with Gasteiger partial charge < -0.3 is 25.0 Å². The number of halogens is 1. The molecular weight excluding hydrogens is 648 g/mol. The zero-order chi connectivity index (χ0) is 35.5. The second kappa shape index (κ2) is 14.5. The molecule has 11 nitrogen and oxygen atoms in total. The van der Waals surface area contributed by atoms with E-state index in [0.29, 0.717) is 27.6 Å². The Labute approximate surface area is 290 Å². The van der Waals surface area contributed by atoms with E-state index in [-0.39, 0.29) is 56.5 Å². The number of amides is 5. The van der Waals surface area contributed by atoms with Crippen molar-refractivity contribution in [1.29, 1.82) is 0 Å². The summed E-state index contributed by atoms with van der Waals surface area (Å²) in [6.45, 7) is 11.3. The van der Waals surface area contributed by atoms with Gasteiger partial charge >= 0.3 is 12.0 Å². The molecule has 0 aromatic heterocycles. The van der Waals surface area contributed by atoms with E-state index in [2.05, 4.69) is 17.2 Å². The van der Waals surface area contributed by atoms with Crippen LogP contribution in [0.1, 0.15) is 66.2 Å². The van der Waals surface area contributed by atoms with Gasteiger partial charge in [0.05, 0.1) is 12.1 Å². The van der Waals surface area contributed by atoms with Crippen molar-refractivity contribution in [2.75, 3.05) is 11.9 Å². The maximum Gasteiger partial charge on any atom is 0.337 e. The Morgan fingerprint density at radius 2 is 1.71 bits per heavy atom. The molecule has 0 aliphatic carbocycles. The fourth-order valence-electron chi connectivity index (χ4n) is 5.52. The highest BCUT2D eigenvalue weighted by Gasteiger charge is 2.42. The minimum absolute atomic E-state index is 0.0424. The van der Waals surface area contributed by atoms with E-state index in [1.807, 2.05) is 19.1 Å². The van der Waals surface area contributed by atoms with Crippen LogP contribution in [0.4, 0.5) is 10.5 Å². The monoisotopic (exact) mass is 686 g/mol. The van der Waals surface area contributed by atoms with Crippen LogP contribution in [0.5, 0.6) is 5.75 Å². The highest BCUT2D eigenvalue weighted by molar-refractivity contribution is 6.31. The number of anilines is 1. The lowest BCUT2D eigenvalue weighted by molar-refractivity contribution is -0.153. The molecule has 1 saturated heterocycles. The molecule has 2 aliphatic rings. The number of urea groups is 1. The number of piperidine rings is 1. The van der Waals surface area contributed by atoms with Crippen LogP contribution in [0.2, 0.25) is 5.02 Å². The molecule has 0 spiro atoms. The lowest BCUT2D eigenvalue weighted by atomic mass is 10.0. The average Bonchev–Trinajstić information content (AvgIpc) is 3.37. The smallest absolute Gasteiger partial charge is 0.337 e. The fraction of sp³-hybridized carbons (Fsp3) is 0.324. The number of hydrogen-bond acceptors (Lipinski definition) is 7. The third-order valence-electron chi connectivity index (χ3n) is 8.11. The number of likely N-dealkylation sites (tertiary alicyclic amines) is 1. The molecule has 1 atom stereocenters. The average molecular weight is 687 g/mol. The number of rotatable bonds is 10. The molecule has 256 valence electrons. The van der Waals surface area contributed by atoms with Gasteiger partial charge in [0.2, 0.25) is 5.91 Å². The summed E-state index contributed by atoms with van der Waals surface area (Å²) in [5.41, 5.74) is 3.73. The Kier molecular flexibility index (Phi) is 10.4. The van der Waals surface area contributed by atoms with E-state index >= 15 is 0 Å². The van der Waals surface area contributed by atoms with Crippen LogP contribution in [0.3, 0.4) is 0 Å². The summed E-state index contributed by atoms with van der Waals surface area (Å²) in [6, 6.07) is 16.2. The van der Waals surface area contributed by atoms with Crippen molar-refractivity contribution in [3.63, 3.8) is 0 Å². The Bertz CT molecular complexity index is 1820. The summed E-state index contributed by atoms with van der Waals surface area (Å²) in [4.78, 5) is 67.2. The number of esters is 1. The first-order valence-corrected chi connectivity index (χ1v) is 16.3. The zero-order valence-electron chi connectivity index (χ0n) is 27.9. The van der Waals surface area contributed by atoms with Gasteiger partial charge in [-0.15, -0.1) is 0 Å². The number of carbonyl (C=O) groups excluding carboxylic acids is 5. The second-order valence-electron chi connectivity index (χ2n) is 13.1. The van der Waals surface area contributed by atoms with Gasteiger partial charge in [-0.3, -0.25) is 19.3 Å². The van der Waals surface area contributed by atoms with Crippen molar-refractivity contribution in [3.8, 4) is 5.75 Å². The molecular formula is C37H39ClN4O7. The number of hydrogen-bond donors (Lipinski definition) is 2. The number of ether oxygens (including phenoxy) is 2. The maximum atomic E-state index is 13.6. The summed E-state index contributed by atoms with van der Waals surface area (Å²) in [7, 11) is 0. The molecule has 0 bridgehead atoms. The molecule has 3 aromatic carbocycles. The minimum atomic E-state index is -0.784. The van der Waals surface area contributed by atoms with Crippen LogP contribution < -0.4 is 15.4 Å². The van der Waals surface area contributed by atoms with Gasteiger partial charge in [-0.25, -0.2) is 9.59 Å². The van der Waals surface area contributed by atoms with Gasteiger partial charge in [0, 0.05) is 35.8 Å². The molecule has 5 rings (SSSR count). The summed E-state index contributed by atoms with van der Waals surface area (Å²) in [6.07, 6.45) is 0.362. The lowest BCUT2D eigenvalue weighted by Gasteiger charge is -2.35. The number of nitrogens with zero attached hydrogens (tertiary/aromatic N) is 2. The topological polar surface area (TPSA) is 134 Å². The van der Waals surface area contributed by atoms with Crippen molar-refractivity contribution >= 4 is 47.0 Å². The number of imide groups is 1. The third kappa shape index (κ3) is 8.66. The standard InChI is InChI=1S/C37H39ClN4O7/c1-22-6-10-27(17-30(22)38)40-36(47)39-18-25-9-13-29-26(16-25)20-41(33(29)44)31-14-15-32(43)42(34(31)45)19-24-7-11-28(12-8-24)48-21-23(2)35(46)49-37(3,4)5/h6-13,16-17,31H,2,14-15,18-21H2,1,3-5H3,(H2,39,40,47). The number of carbonyl (C=O) groups is 5. The van der Waals surface area contributed by atoms with Crippen molar-refractivity contribution in [2.45, 2.75) is 71.8 Å². The van der Waals surface area contributed by atoms with E-state index in [1.165, 1.54) is 9.80 Å². The van der Waals surface area contributed by atoms with Gasteiger partial charge in [0.15, 0.2) is 0 Å². The quantitative estimate of drug-likeness (QED) is 0.154. The van der Waals surface area contributed by atoms with Crippen molar-refractivity contribution < 1.29 is 33.4 Å². The van der Waals surface area contributed by atoms with Gasteiger partial charge in [-0.05, 0) is 86.7 Å². The van der Waals surface area contributed by atoms with Gasteiger partial charge in [-0.2, -0.15) is 0 Å². The highest BCUT2D eigenvalue weighted by Crippen LogP contribution is 2.31. The van der Waals surface area contributed by atoms with Crippen LogP contribution in [-0.2, 0) is 38.8 Å². The fourth-order valence-corrected chi connectivity index (χ4v) is 5.70. The lowest BCUT2D eigenvalue weighted by Crippen LogP contribution is -2.54. The molecule has 2 aliphatic heterocycles. The Balaban J connectivity index is 1.16. The number of aryl methyl sites for hydroxylation is 1. The van der Waals surface area contributed by atoms with Crippen LogP contribution in [0.25, 0.3) is 0 Å². The predicted molar refractivity (Wildman–Crippen MR) is 184 cm³/mol. The number of fused-ring (bicyclic) bond motifs is 1. The van der Waals surface area contributed by atoms with E-state index < -0.39 is 29.6 Å². The summed E-state index contributed by atoms with van der Waals surface area (Å²) in [5.74, 6) is -1.07. The first-order chi connectivity index (χ1) is 23.2.